The first kappa shape index (κ1) is 11.0. The van der Waals surface area contributed by atoms with E-state index in [0.717, 1.165) is 25.9 Å². The zero-order valence-electron chi connectivity index (χ0n) is 8.88. The average molecular weight is 198 g/mol. The van der Waals surface area contributed by atoms with Gasteiger partial charge < -0.3 is 10.2 Å². The largest absolute Gasteiger partial charge is 0.353 e. The fourth-order valence-electron chi connectivity index (χ4n) is 1.67. The number of likely N-dealkylation sites (tertiary alicyclic amines) is 1. The van der Waals surface area contributed by atoms with E-state index in [9.17, 15) is 9.59 Å². The summed E-state index contributed by atoms with van der Waals surface area (Å²) in [7, 11) is 0. The Morgan fingerprint density at radius 1 is 1.36 bits per heavy atom. The van der Waals surface area contributed by atoms with Crippen LogP contribution in [-0.2, 0) is 9.59 Å². The van der Waals surface area contributed by atoms with Crippen LogP contribution < -0.4 is 5.32 Å². The average Bonchev–Trinajstić information content (AvgIpc) is 2.18. The molecule has 80 valence electrons. The van der Waals surface area contributed by atoms with Gasteiger partial charge in [-0.15, -0.1) is 0 Å². The lowest BCUT2D eigenvalue weighted by Gasteiger charge is -2.31. The van der Waals surface area contributed by atoms with Crippen molar-refractivity contribution in [1.29, 1.82) is 0 Å². The van der Waals surface area contributed by atoms with E-state index < -0.39 is 0 Å². The van der Waals surface area contributed by atoms with Gasteiger partial charge in [-0.1, -0.05) is 6.92 Å². The SMILES string of the molecule is CCC(=O)NC1CCN(C(C)=O)CC1. The summed E-state index contributed by atoms with van der Waals surface area (Å²) in [5.74, 6) is 0.233. The fourth-order valence-corrected chi connectivity index (χ4v) is 1.67. The lowest BCUT2D eigenvalue weighted by atomic mass is 10.0. The van der Waals surface area contributed by atoms with Gasteiger partial charge in [0, 0.05) is 32.5 Å². The number of nitrogens with one attached hydrogen (secondary N) is 1. The van der Waals surface area contributed by atoms with Crippen molar-refractivity contribution in [3.8, 4) is 0 Å². The molecule has 0 radical (unpaired) electrons. The number of rotatable bonds is 2. The Balaban J connectivity index is 2.29. The highest BCUT2D eigenvalue weighted by Crippen LogP contribution is 2.10. The second kappa shape index (κ2) is 4.98. The van der Waals surface area contributed by atoms with Gasteiger partial charge in [-0.25, -0.2) is 0 Å². The molecule has 2 amide bonds. The normalized spacial score (nSPS) is 18.0. The molecule has 1 saturated heterocycles. The molecular weight excluding hydrogens is 180 g/mol. The summed E-state index contributed by atoms with van der Waals surface area (Å²) < 4.78 is 0. The summed E-state index contributed by atoms with van der Waals surface area (Å²) in [6, 6.07) is 0.262. The van der Waals surface area contributed by atoms with Crippen LogP contribution in [0.1, 0.15) is 33.1 Å². The predicted octanol–water partition coefficient (Wildman–Crippen LogP) is 0.523. The molecule has 1 aliphatic heterocycles. The van der Waals surface area contributed by atoms with Crippen LogP contribution in [-0.4, -0.2) is 35.8 Å². The minimum Gasteiger partial charge on any atom is -0.353 e. The fraction of sp³-hybridized carbons (Fsp3) is 0.800. The molecule has 0 aromatic carbocycles. The number of carbonyl (C=O) groups is 2. The van der Waals surface area contributed by atoms with Crippen LogP contribution in [0.5, 0.6) is 0 Å². The number of amides is 2. The standard InChI is InChI=1S/C10H18N2O2/c1-3-10(14)11-9-4-6-12(7-5-9)8(2)13/h9H,3-7H2,1-2H3,(H,11,14). The van der Waals surface area contributed by atoms with Crippen LogP contribution in [0.4, 0.5) is 0 Å². The molecule has 1 aliphatic rings. The molecule has 1 heterocycles. The molecule has 1 N–H and O–H groups in total. The van der Waals surface area contributed by atoms with E-state index in [0.29, 0.717) is 6.42 Å². The third kappa shape index (κ3) is 3.01. The minimum atomic E-state index is 0.103. The van der Waals surface area contributed by atoms with Crippen molar-refractivity contribution in [2.45, 2.75) is 39.2 Å². The second-order valence-corrected chi connectivity index (χ2v) is 3.70. The van der Waals surface area contributed by atoms with Gasteiger partial charge in [-0.05, 0) is 12.8 Å². The summed E-state index contributed by atoms with van der Waals surface area (Å²) in [5, 5.41) is 2.95. The van der Waals surface area contributed by atoms with Gasteiger partial charge in [0.15, 0.2) is 0 Å². The van der Waals surface area contributed by atoms with Gasteiger partial charge >= 0.3 is 0 Å². The van der Waals surface area contributed by atoms with Crippen LogP contribution in [0.3, 0.4) is 0 Å². The maximum absolute atomic E-state index is 11.1. The van der Waals surface area contributed by atoms with E-state index >= 15 is 0 Å². The Morgan fingerprint density at radius 3 is 2.36 bits per heavy atom. The van der Waals surface area contributed by atoms with Gasteiger partial charge in [-0.2, -0.15) is 0 Å². The highest BCUT2D eigenvalue weighted by atomic mass is 16.2. The van der Waals surface area contributed by atoms with Gasteiger partial charge in [0.2, 0.25) is 11.8 Å². The van der Waals surface area contributed by atoms with E-state index in [1.807, 2.05) is 11.8 Å². The minimum absolute atomic E-state index is 0.103. The van der Waals surface area contributed by atoms with E-state index in [2.05, 4.69) is 5.32 Å². The lowest BCUT2D eigenvalue weighted by molar-refractivity contribution is -0.130. The Kier molecular flexibility index (Phi) is 3.92. The molecule has 0 unspecified atom stereocenters. The maximum Gasteiger partial charge on any atom is 0.219 e. The summed E-state index contributed by atoms with van der Waals surface area (Å²) in [6.45, 7) is 4.97. The maximum atomic E-state index is 11.1. The molecule has 4 heteroatoms. The molecule has 1 fully saturated rings. The molecule has 0 spiro atoms. The van der Waals surface area contributed by atoms with Crippen LogP contribution >= 0.6 is 0 Å². The quantitative estimate of drug-likeness (QED) is 0.703. The summed E-state index contributed by atoms with van der Waals surface area (Å²) in [5.41, 5.74) is 0. The lowest BCUT2D eigenvalue weighted by Crippen LogP contribution is -2.45. The Hall–Kier alpha value is -1.06. The molecule has 1 rings (SSSR count). The molecule has 0 atom stereocenters. The molecule has 0 aliphatic carbocycles. The summed E-state index contributed by atoms with van der Waals surface area (Å²) >= 11 is 0. The monoisotopic (exact) mass is 198 g/mol. The van der Waals surface area contributed by atoms with E-state index in [1.54, 1.807) is 6.92 Å². The molecule has 0 saturated carbocycles. The van der Waals surface area contributed by atoms with Crippen molar-refractivity contribution < 1.29 is 9.59 Å². The van der Waals surface area contributed by atoms with Gasteiger partial charge in [-0.3, -0.25) is 9.59 Å². The zero-order chi connectivity index (χ0) is 10.6. The first-order valence-corrected chi connectivity index (χ1v) is 5.18. The van der Waals surface area contributed by atoms with Gasteiger partial charge in [0.25, 0.3) is 0 Å². The third-order valence-corrected chi connectivity index (χ3v) is 2.63. The van der Waals surface area contributed by atoms with Crippen molar-refractivity contribution in [1.82, 2.24) is 10.2 Å². The first-order valence-electron chi connectivity index (χ1n) is 5.18. The Morgan fingerprint density at radius 2 is 1.93 bits per heavy atom. The summed E-state index contributed by atoms with van der Waals surface area (Å²) in [4.78, 5) is 24.0. The van der Waals surface area contributed by atoms with Gasteiger partial charge in [0.05, 0.1) is 0 Å². The Labute approximate surface area is 84.7 Å². The van der Waals surface area contributed by atoms with Crippen LogP contribution in [0.2, 0.25) is 0 Å². The van der Waals surface area contributed by atoms with Crippen molar-refractivity contribution in [2.24, 2.45) is 0 Å². The number of hydrogen-bond donors (Lipinski definition) is 1. The molecule has 4 nitrogen and oxygen atoms in total. The number of nitrogens with zero attached hydrogens (tertiary/aromatic N) is 1. The van der Waals surface area contributed by atoms with Crippen LogP contribution in [0.15, 0.2) is 0 Å². The molecule has 0 aromatic rings. The third-order valence-electron chi connectivity index (χ3n) is 2.63. The topological polar surface area (TPSA) is 49.4 Å². The van der Waals surface area contributed by atoms with Gasteiger partial charge in [0.1, 0.15) is 0 Å². The van der Waals surface area contributed by atoms with E-state index in [-0.39, 0.29) is 17.9 Å². The van der Waals surface area contributed by atoms with Crippen molar-refractivity contribution in [2.75, 3.05) is 13.1 Å². The molecular formula is C10H18N2O2. The molecule has 14 heavy (non-hydrogen) atoms. The predicted molar refractivity (Wildman–Crippen MR) is 53.7 cm³/mol. The number of hydrogen-bond acceptors (Lipinski definition) is 2. The van der Waals surface area contributed by atoms with E-state index in [4.69, 9.17) is 0 Å². The van der Waals surface area contributed by atoms with Crippen LogP contribution in [0, 0.1) is 0 Å². The first-order chi connectivity index (χ1) is 6.63. The number of carbonyl (C=O) groups excluding carboxylic acids is 2. The Bertz CT molecular complexity index is 220. The van der Waals surface area contributed by atoms with E-state index in [1.165, 1.54) is 0 Å². The van der Waals surface area contributed by atoms with Crippen molar-refractivity contribution >= 4 is 11.8 Å². The van der Waals surface area contributed by atoms with Crippen molar-refractivity contribution in [3.05, 3.63) is 0 Å². The highest BCUT2D eigenvalue weighted by molar-refractivity contribution is 5.76. The molecule has 0 bridgehead atoms. The van der Waals surface area contributed by atoms with Crippen LogP contribution in [0.25, 0.3) is 0 Å². The molecule has 0 aromatic heterocycles. The van der Waals surface area contributed by atoms with Crippen molar-refractivity contribution in [3.63, 3.8) is 0 Å². The second-order valence-electron chi connectivity index (χ2n) is 3.70. The number of piperidine rings is 1. The summed E-state index contributed by atoms with van der Waals surface area (Å²) in [6.07, 6.45) is 2.30. The smallest absolute Gasteiger partial charge is 0.219 e. The zero-order valence-corrected chi connectivity index (χ0v) is 8.88. The highest BCUT2D eigenvalue weighted by Gasteiger charge is 2.21.